The van der Waals surface area contributed by atoms with Gasteiger partial charge in [0.15, 0.2) is 5.78 Å². The maximum Gasteiger partial charge on any atom is 0.163 e. The van der Waals surface area contributed by atoms with Crippen molar-refractivity contribution in [3.8, 4) is 11.1 Å². The Kier molecular flexibility index (Phi) is 6.76. The second kappa shape index (κ2) is 9.87. The van der Waals surface area contributed by atoms with Crippen LogP contribution in [0.15, 0.2) is 78.9 Å². The molecule has 3 aromatic rings. The van der Waals surface area contributed by atoms with Crippen LogP contribution in [0.25, 0.3) is 16.7 Å². The fourth-order valence-corrected chi connectivity index (χ4v) is 4.36. The van der Waals surface area contributed by atoms with E-state index in [1.165, 1.54) is 48.1 Å². The molecule has 2 heteroatoms. The van der Waals surface area contributed by atoms with E-state index >= 15 is 0 Å². The molecule has 0 saturated carbocycles. The highest BCUT2D eigenvalue weighted by Crippen LogP contribution is 2.34. The summed E-state index contributed by atoms with van der Waals surface area (Å²) in [7, 11) is 0. The highest BCUT2D eigenvalue weighted by molar-refractivity contribution is 6.02. The monoisotopic (exact) mass is 412 g/mol. The van der Waals surface area contributed by atoms with Crippen LogP contribution >= 0.6 is 0 Å². The van der Waals surface area contributed by atoms with E-state index in [-0.39, 0.29) is 17.5 Å². The van der Waals surface area contributed by atoms with Crippen LogP contribution in [0, 0.1) is 5.82 Å². The van der Waals surface area contributed by atoms with E-state index in [1.807, 2.05) is 0 Å². The first kappa shape index (κ1) is 21.2. The largest absolute Gasteiger partial charge is 0.294 e. The molecule has 158 valence electrons. The van der Waals surface area contributed by atoms with Crippen LogP contribution in [0.5, 0.6) is 0 Å². The standard InChI is InChI=1S/C29H29FO/c1-2-3-4-5-21-6-8-22(9-7-21)23-10-12-24(13-11-23)26-16-19-28(29(31)20-26)25-14-17-27(30)18-15-25/h6-15,17-18,20,28H,2-5,16,19H2,1H3. The van der Waals surface area contributed by atoms with Crippen LogP contribution in [0.4, 0.5) is 4.39 Å². The second-order valence-electron chi connectivity index (χ2n) is 8.45. The molecule has 1 aliphatic carbocycles. The fourth-order valence-electron chi connectivity index (χ4n) is 4.36. The summed E-state index contributed by atoms with van der Waals surface area (Å²) in [5.41, 5.74) is 6.89. The third kappa shape index (κ3) is 5.19. The van der Waals surface area contributed by atoms with Gasteiger partial charge in [-0.15, -0.1) is 0 Å². The normalized spacial score (nSPS) is 16.3. The number of rotatable bonds is 7. The van der Waals surface area contributed by atoms with Gasteiger partial charge in [0.2, 0.25) is 0 Å². The first-order chi connectivity index (χ1) is 15.1. The van der Waals surface area contributed by atoms with Crippen molar-refractivity contribution < 1.29 is 9.18 Å². The molecule has 0 radical (unpaired) electrons. The van der Waals surface area contributed by atoms with Gasteiger partial charge in [-0.3, -0.25) is 4.79 Å². The summed E-state index contributed by atoms with van der Waals surface area (Å²) < 4.78 is 13.2. The van der Waals surface area contributed by atoms with Gasteiger partial charge >= 0.3 is 0 Å². The van der Waals surface area contributed by atoms with Crippen LogP contribution in [0.2, 0.25) is 0 Å². The van der Waals surface area contributed by atoms with Gasteiger partial charge in [0.05, 0.1) is 0 Å². The molecule has 1 aliphatic rings. The number of halogens is 1. The fraction of sp³-hybridized carbons (Fsp3) is 0.276. The molecule has 4 rings (SSSR count). The summed E-state index contributed by atoms with van der Waals surface area (Å²) in [6.45, 7) is 2.23. The molecule has 3 aromatic carbocycles. The molecule has 0 fully saturated rings. The van der Waals surface area contributed by atoms with Crippen molar-refractivity contribution in [3.05, 3.63) is 101 Å². The van der Waals surface area contributed by atoms with Gasteiger partial charge in [-0.05, 0) is 77.3 Å². The second-order valence-corrected chi connectivity index (χ2v) is 8.45. The molecule has 1 nitrogen and oxygen atoms in total. The summed E-state index contributed by atoms with van der Waals surface area (Å²) in [4.78, 5) is 12.7. The van der Waals surface area contributed by atoms with E-state index in [4.69, 9.17) is 0 Å². The number of benzene rings is 3. The van der Waals surface area contributed by atoms with Crippen molar-refractivity contribution in [2.45, 2.75) is 51.4 Å². The van der Waals surface area contributed by atoms with Gasteiger partial charge in [0.1, 0.15) is 5.82 Å². The average molecular weight is 413 g/mol. The van der Waals surface area contributed by atoms with Crippen molar-refractivity contribution in [3.63, 3.8) is 0 Å². The highest BCUT2D eigenvalue weighted by atomic mass is 19.1. The molecule has 0 aromatic heterocycles. The molecule has 0 saturated heterocycles. The Morgan fingerprint density at radius 1 is 0.806 bits per heavy atom. The summed E-state index contributed by atoms with van der Waals surface area (Å²) >= 11 is 0. The third-order valence-corrected chi connectivity index (χ3v) is 6.25. The number of unbranched alkanes of at least 4 members (excludes halogenated alkanes) is 2. The maximum atomic E-state index is 13.2. The minimum absolute atomic E-state index is 0.107. The van der Waals surface area contributed by atoms with E-state index in [1.54, 1.807) is 18.2 Å². The van der Waals surface area contributed by atoms with Crippen LogP contribution < -0.4 is 0 Å². The predicted molar refractivity (Wildman–Crippen MR) is 126 cm³/mol. The maximum absolute atomic E-state index is 13.2. The molecule has 1 unspecified atom stereocenters. The lowest BCUT2D eigenvalue weighted by Gasteiger charge is -2.21. The number of carbonyl (C=O) groups is 1. The number of aryl methyl sites for hydroxylation is 1. The topological polar surface area (TPSA) is 17.1 Å². The molecule has 0 heterocycles. The molecule has 0 bridgehead atoms. The Balaban J connectivity index is 1.44. The Morgan fingerprint density at radius 2 is 1.42 bits per heavy atom. The Labute approximate surface area is 184 Å². The van der Waals surface area contributed by atoms with E-state index in [2.05, 4.69) is 55.5 Å². The lowest BCUT2D eigenvalue weighted by Crippen LogP contribution is -2.15. The molecule has 0 amide bonds. The summed E-state index contributed by atoms with van der Waals surface area (Å²) in [5.74, 6) is -0.329. The minimum atomic E-state index is -0.269. The molecule has 0 spiro atoms. The van der Waals surface area contributed by atoms with Crippen LogP contribution in [0.3, 0.4) is 0 Å². The number of hydrogen-bond donors (Lipinski definition) is 0. The van der Waals surface area contributed by atoms with Crippen molar-refractivity contribution >= 4 is 11.4 Å². The Morgan fingerprint density at radius 3 is 2.03 bits per heavy atom. The summed E-state index contributed by atoms with van der Waals surface area (Å²) in [6, 6.07) is 23.7. The van der Waals surface area contributed by atoms with Gasteiger partial charge < -0.3 is 0 Å². The van der Waals surface area contributed by atoms with Crippen LogP contribution in [-0.2, 0) is 11.2 Å². The Hall–Kier alpha value is -3.00. The van der Waals surface area contributed by atoms with Gasteiger partial charge in [0.25, 0.3) is 0 Å². The lowest BCUT2D eigenvalue weighted by atomic mass is 9.81. The smallest absolute Gasteiger partial charge is 0.163 e. The number of allylic oxidation sites excluding steroid dienone is 2. The number of carbonyl (C=O) groups excluding carboxylic acids is 1. The lowest BCUT2D eigenvalue weighted by molar-refractivity contribution is -0.116. The van der Waals surface area contributed by atoms with Crippen molar-refractivity contribution in [1.82, 2.24) is 0 Å². The first-order valence-corrected chi connectivity index (χ1v) is 11.3. The molecule has 0 aliphatic heterocycles. The van der Waals surface area contributed by atoms with E-state index < -0.39 is 0 Å². The third-order valence-electron chi connectivity index (χ3n) is 6.25. The summed E-state index contributed by atoms with van der Waals surface area (Å²) in [6.07, 6.45) is 8.31. The summed E-state index contributed by atoms with van der Waals surface area (Å²) in [5, 5.41) is 0. The molecule has 0 N–H and O–H groups in total. The van der Waals surface area contributed by atoms with Crippen molar-refractivity contribution in [2.75, 3.05) is 0 Å². The van der Waals surface area contributed by atoms with E-state index in [0.29, 0.717) is 0 Å². The van der Waals surface area contributed by atoms with Gasteiger partial charge in [-0.25, -0.2) is 4.39 Å². The number of hydrogen-bond acceptors (Lipinski definition) is 1. The first-order valence-electron chi connectivity index (χ1n) is 11.3. The van der Waals surface area contributed by atoms with Crippen LogP contribution in [-0.4, -0.2) is 5.78 Å². The zero-order chi connectivity index (χ0) is 21.6. The molecular formula is C29H29FO. The SMILES string of the molecule is CCCCCc1ccc(-c2ccc(C3=CC(=O)C(c4ccc(F)cc4)CC3)cc2)cc1. The zero-order valence-electron chi connectivity index (χ0n) is 18.1. The predicted octanol–water partition coefficient (Wildman–Crippen LogP) is 7.76. The molecule has 31 heavy (non-hydrogen) atoms. The quantitative estimate of drug-likeness (QED) is 0.362. The van der Waals surface area contributed by atoms with E-state index in [0.717, 1.165) is 36.0 Å². The van der Waals surface area contributed by atoms with Gasteiger partial charge in [-0.2, -0.15) is 0 Å². The molecule has 1 atom stereocenters. The highest BCUT2D eigenvalue weighted by Gasteiger charge is 2.24. The minimum Gasteiger partial charge on any atom is -0.294 e. The average Bonchev–Trinajstić information content (AvgIpc) is 2.81. The molecular weight excluding hydrogens is 383 g/mol. The van der Waals surface area contributed by atoms with Crippen LogP contribution in [0.1, 0.15) is 61.6 Å². The Bertz CT molecular complexity index is 1040. The number of ketones is 1. The van der Waals surface area contributed by atoms with Crippen molar-refractivity contribution in [2.24, 2.45) is 0 Å². The van der Waals surface area contributed by atoms with Gasteiger partial charge in [0, 0.05) is 5.92 Å². The van der Waals surface area contributed by atoms with Gasteiger partial charge in [-0.1, -0.05) is 80.4 Å². The zero-order valence-corrected chi connectivity index (χ0v) is 18.1. The van der Waals surface area contributed by atoms with E-state index in [9.17, 15) is 9.18 Å². The van der Waals surface area contributed by atoms with Crippen molar-refractivity contribution in [1.29, 1.82) is 0 Å².